The normalized spacial score (nSPS) is 16.4. The van der Waals surface area contributed by atoms with Gasteiger partial charge in [0.15, 0.2) is 0 Å². The summed E-state index contributed by atoms with van der Waals surface area (Å²) in [4.78, 5) is 30.0. The molecule has 1 fully saturated rings. The van der Waals surface area contributed by atoms with E-state index in [0.717, 1.165) is 27.9 Å². The number of nitrogens with zero attached hydrogens (tertiary/aromatic N) is 2. The number of halogens is 3. The summed E-state index contributed by atoms with van der Waals surface area (Å²) in [7, 11) is 0. The molecule has 194 valence electrons. The number of piperidine rings is 1. The Morgan fingerprint density at radius 2 is 1.83 bits per heavy atom. The van der Waals surface area contributed by atoms with E-state index < -0.39 is 12.7 Å². The molecule has 1 aliphatic rings. The summed E-state index contributed by atoms with van der Waals surface area (Å²) in [6.45, 7) is 7.72. The first-order valence-corrected chi connectivity index (χ1v) is 12.3. The zero-order valence-corrected chi connectivity index (χ0v) is 21.1. The molecule has 1 aliphatic heterocycles. The highest BCUT2D eigenvalue weighted by atomic mass is 19.4. The van der Waals surface area contributed by atoms with Crippen molar-refractivity contribution in [2.45, 2.75) is 59.3 Å². The molecule has 0 saturated carbocycles. The summed E-state index contributed by atoms with van der Waals surface area (Å²) in [6.07, 6.45) is -2.85. The number of para-hydroxylation sites is 1. The van der Waals surface area contributed by atoms with Crippen molar-refractivity contribution >= 4 is 16.8 Å². The molecule has 1 amide bonds. The number of pyridine rings is 1. The Bertz CT molecular complexity index is 1320. The summed E-state index contributed by atoms with van der Waals surface area (Å²) < 4.78 is 40.5. The molecule has 0 spiro atoms. The average Bonchev–Trinajstić information content (AvgIpc) is 3.09. The molecule has 36 heavy (non-hydrogen) atoms. The third-order valence-electron chi connectivity index (χ3n) is 7.43. The molecule has 9 heteroatoms. The topological polar surface area (TPSA) is 70.1 Å². The maximum absolute atomic E-state index is 13.4. The smallest absolute Gasteiger partial charge is 0.348 e. The van der Waals surface area contributed by atoms with Crippen LogP contribution in [0.4, 0.5) is 13.2 Å². The number of alkyl halides is 3. The van der Waals surface area contributed by atoms with E-state index in [0.29, 0.717) is 37.1 Å². The van der Waals surface area contributed by atoms with Crippen LogP contribution in [0.15, 0.2) is 35.1 Å². The van der Waals surface area contributed by atoms with Crippen LogP contribution in [0, 0.1) is 26.7 Å². The number of benzene rings is 1. The SMILES string of the molecule is Cc1cc(C)c(CNC(=O)c2c(C)n([C@H](C)C3CCN(CC(F)(F)F)CC3)c3ccccc23)c(=O)[nH]1. The van der Waals surface area contributed by atoms with E-state index in [-0.39, 0.29) is 30.0 Å². The van der Waals surface area contributed by atoms with Gasteiger partial charge in [0.05, 0.1) is 12.1 Å². The number of H-pyrrole nitrogens is 1. The number of nitrogens with one attached hydrogen (secondary N) is 2. The van der Waals surface area contributed by atoms with Gasteiger partial charge < -0.3 is 14.9 Å². The van der Waals surface area contributed by atoms with Crippen LogP contribution in [-0.2, 0) is 6.54 Å². The maximum atomic E-state index is 13.4. The zero-order chi connectivity index (χ0) is 26.2. The highest BCUT2D eigenvalue weighted by Crippen LogP contribution is 2.36. The van der Waals surface area contributed by atoms with Gasteiger partial charge in [0.2, 0.25) is 0 Å². The van der Waals surface area contributed by atoms with E-state index in [4.69, 9.17) is 0 Å². The second-order valence-corrected chi connectivity index (χ2v) is 9.94. The molecule has 1 atom stereocenters. The summed E-state index contributed by atoms with van der Waals surface area (Å²) in [5.74, 6) is -0.0531. The van der Waals surface area contributed by atoms with Crippen LogP contribution in [0.3, 0.4) is 0 Å². The molecule has 6 nitrogen and oxygen atoms in total. The lowest BCUT2D eigenvalue weighted by Gasteiger charge is -2.36. The molecular weight excluding hydrogens is 469 g/mol. The Balaban J connectivity index is 1.57. The fraction of sp³-hybridized carbons (Fsp3) is 0.481. The first kappa shape index (κ1) is 26.0. The summed E-state index contributed by atoms with van der Waals surface area (Å²) in [5, 5.41) is 3.75. The lowest BCUT2D eigenvalue weighted by atomic mass is 9.90. The number of aromatic nitrogens is 2. The second-order valence-electron chi connectivity index (χ2n) is 9.94. The van der Waals surface area contributed by atoms with Crippen molar-refractivity contribution in [2.75, 3.05) is 19.6 Å². The van der Waals surface area contributed by atoms with Crippen molar-refractivity contribution in [3.63, 3.8) is 0 Å². The number of carbonyl (C=O) groups is 1. The number of carbonyl (C=O) groups excluding carboxylic acids is 1. The first-order valence-electron chi connectivity index (χ1n) is 12.3. The standard InChI is InChI=1S/C27H33F3N4O2/c1-16-13-17(2)32-25(35)22(16)14-31-26(36)24-19(4)34(23-8-6-5-7-21(23)24)18(3)20-9-11-33(12-10-20)15-27(28,29)30/h5-8,13,18,20H,9-12,14-15H2,1-4H3,(H,31,36)(H,32,35)/t18-/m1/s1. The van der Waals surface area contributed by atoms with E-state index in [1.54, 1.807) is 0 Å². The number of amides is 1. The lowest BCUT2D eigenvalue weighted by molar-refractivity contribution is -0.149. The van der Waals surface area contributed by atoms with Crippen molar-refractivity contribution < 1.29 is 18.0 Å². The summed E-state index contributed by atoms with van der Waals surface area (Å²) >= 11 is 0. The molecular formula is C27H33F3N4O2. The number of rotatable bonds is 6. The van der Waals surface area contributed by atoms with Gasteiger partial charge in [-0.3, -0.25) is 14.5 Å². The van der Waals surface area contributed by atoms with Crippen molar-refractivity contribution in [3.8, 4) is 0 Å². The van der Waals surface area contributed by atoms with Crippen molar-refractivity contribution in [1.29, 1.82) is 0 Å². The second kappa shape index (κ2) is 10.1. The van der Waals surface area contributed by atoms with Crippen LogP contribution in [0.25, 0.3) is 10.9 Å². The Hall–Kier alpha value is -3.07. The molecule has 4 rings (SSSR count). The third kappa shape index (κ3) is 5.36. The molecule has 0 radical (unpaired) electrons. The Morgan fingerprint density at radius 1 is 1.17 bits per heavy atom. The zero-order valence-electron chi connectivity index (χ0n) is 21.1. The van der Waals surface area contributed by atoms with Crippen molar-refractivity contribution in [2.24, 2.45) is 5.92 Å². The monoisotopic (exact) mass is 502 g/mol. The predicted molar refractivity (Wildman–Crippen MR) is 134 cm³/mol. The fourth-order valence-electron chi connectivity index (χ4n) is 5.62. The molecule has 3 heterocycles. The van der Waals surface area contributed by atoms with Gasteiger partial charge in [-0.25, -0.2) is 0 Å². The maximum Gasteiger partial charge on any atom is 0.401 e. The average molecular weight is 503 g/mol. The highest BCUT2D eigenvalue weighted by molar-refractivity contribution is 6.08. The predicted octanol–water partition coefficient (Wildman–Crippen LogP) is 5.02. The van der Waals surface area contributed by atoms with E-state index in [1.807, 2.05) is 51.1 Å². The minimum Gasteiger partial charge on any atom is -0.348 e. The van der Waals surface area contributed by atoms with Gasteiger partial charge in [0.25, 0.3) is 11.5 Å². The number of likely N-dealkylation sites (tertiary alicyclic amines) is 1. The number of aryl methyl sites for hydroxylation is 2. The van der Waals surface area contributed by atoms with Crippen LogP contribution in [0.5, 0.6) is 0 Å². The lowest BCUT2D eigenvalue weighted by Crippen LogP contribution is -2.41. The first-order chi connectivity index (χ1) is 17.0. The molecule has 0 aliphatic carbocycles. The third-order valence-corrected chi connectivity index (χ3v) is 7.43. The Labute approximate surface area is 208 Å². The van der Waals surface area contributed by atoms with Gasteiger partial charge in [-0.2, -0.15) is 13.2 Å². The number of aromatic amines is 1. The minimum absolute atomic E-state index is 0.0201. The largest absolute Gasteiger partial charge is 0.401 e. The van der Waals surface area contributed by atoms with Gasteiger partial charge >= 0.3 is 6.18 Å². The molecule has 1 saturated heterocycles. The molecule has 0 bridgehead atoms. The van der Waals surface area contributed by atoms with Crippen LogP contribution < -0.4 is 10.9 Å². The van der Waals surface area contributed by atoms with E-state index in [2.05, 4.69) is 21.8 Å². The minimum atomic E-state index is -4.18. The summed E-state index contributed by atoms with van der Waals surface area (Å²) in [5.41, 5.74) is 4.20. The molecule has 3 aromatic rings. The van der Waals surface area contributed by atoms with Crippen LogP contribution in [0.2, 0.25) is 0 Å². The van der Waals surface area contributed by atoms with E-state index in [1.165, 1.54) is 4.90 Å². The Morgan fingerprint density at radius 3 is 2.47 bits per heavy atom. The molecule has 0 unspecified atom stereocenters. The van der Waals surface area contributed by atoms with Crippen LogP contribution >= 0.6 is 0 Å². The molecule has 2 N–H and O–H groups in total. The number of fused-ring (bicyclic) bond motifs is 1. The summed E-state index contributed by atoms with van der Waals surface area (Å²) in [6, 6.07) is 9.60. The van der Waals surface area contributed by atoms with Gasteiger partial charge in [0.1, 0.15) is 0 Å². The van der Waals surface area contributed by atoms with Crippen LogP contribution in [0.1, 0.15) is 58.7 Å². The van der Waals surface area contributed by atoms with Gasteiger partial charge in [-0.15, -0.1) is 0 Å². The number of hydrogen-bond acceptors (Lipinski definition) is 3. The van der Waals surface area contributed by atoms with Crippen molar-refractivity contribution in [3.05, 3.63) is 68.8 Å². The van der Waals surface area contributed by atoms with Crippen molar-refractivity contribution in [1.82, 2.24) is 19.8 Å². The Kier molecular flexibility index (Phi) is 7.31. The highest BCUT2D eigenvalue weighted by Gasteiger charge is 2.34. The molecule has 2 aromatic heterocycles. The van der Waals surface area contributed by atoms with E-state index in [9.17, 15) is 22.8 Å². The van der Waals surface area contributed by atoms with E-state index >= 15 is 0 Å². The fourth-order valence-corrected chi connectivity index (χ4v) is 5.62. The van der Waals surface area contributed by atoms with Crippen LogP contribution in [-0.4, -0.2) is 46.2 Å². The van der Waals surface area contributed by atoms with Gasteiger partial charge in [-0.05, 0) is 77.2 Å². The van der Waals surface area contributed by atoms with Gasteiger partial charge in [0, 0.05) is 40.4 Å². The van der Waals surface area contributed by atoms with Gasteiger partial charge in [-0.1, -0.05) is 18.2 Å². The molecule has 1 aromatic carbocycles. The quantitative estimate of drug-likeness (QED) is 0.497. The number of hydrogen-bond donors (Lipinski definition) is 2.